The minimum atomic E-state index is -0.912. The molecule has 0 saturated carbocycles. The van der Waals surface area contributed by atoms with Crippen LogP contribution in [-0.4, -0.2) is 46.0 Å². The van der Waals surface area contributed by atoms with Gasteiger partial charge in [-0.2, -0.15) is 0 Å². The molecule has 8 nitrogen and oxygen atoms in total. The zero-order valence-electron chi connectivity index (χ0n) is 24.1. The molecule has 2 aromatic carbocycles. The minimum absolute atomic E-state index is 0.0604. The molecular formula is C33H35FN4O4. The molecule has 1 saturated heterocycles. The van der Waals surface area contributed by atoms with Crippen LogP contribution in [0.5, 0.6) is 0 Å². The number of amides is 2. The van der Waals surface area contributed by atoms with Crippen LogP contribution in [0.3, 0.4) is 0 Å². The van der Waals surface area contributed by atoms with Gasteiger partial charge in [0.15, 0.2) is 5.78 Å². The standard InChI is InChI=1S/C33H35FN4O4/c1-20-11-12-26(27(34)14-20)25-16-28(35-19-25)22(3)36-33(41)24(17-31(39)29-15-21(2)42-37-29)18-32(40)38-13-7-10-30(38)23-8-5-4-6-9-23/h4-6,8-9,11-12,14-15,19,22,24,30H,7,10,13,16-18H2,1-3H3,(H,36,41)/t22-,24-,30+/m0/s1. The average Bonchev–Trinajstić information content (AvgIpc) is 3.74. The SMILES string of the molecule is Cc1ccc(C2=CN=C([C@H](C)NC(=O)[C@@H](CC(=O)c3cc(C)on3)CC(=O)N3CCC[C@@H]3c3ccccc3)C2)c(F)c1. The van der Waals surface area contributed by atoms with E-state index in [2.05, 4.69) is 15.5 Å². The van der Waals surface area contributed by atoms with Crippen LogP contribution in [0.25, 0.3) is 5.57 Å². The Morgan fingerprint density at radius 2 is 1.88 bits per heavy atom. The highest BCUT2D eigenvalue weighted by Crippen LogP contribution is 2.33. The third kappa shape index (κ3) is 6.56. The summed E-state index contributed by atoms with van der Waals surface area (Å²) in [7, 11) is 0. The van der Waals surface area contributed by atoms with Crippen molar-refractivity contribution >= 4 is 28.9 Å². The van der Waals surface area contributed by atoms with Gasteiger partial charge < -0.3 is 14.7 Å². The second-order valence-corrected chi connectivity index (χ2v) is 11.2. The Bertz CT molecular complexity index is 1540. The van der Waals surface area contributed by atoms with Gasteiger partial charge in [0.2, 0.25) is 11.8 Å². The van der Waals surface area contributed by atoms with Crippen LogP contribution in [0.2, 0.25) is 0 Å². The van der Waals surface area contributed by atoms with Crippen LogP contribution in [0.4, 0.5) is 4.39 Å². The summed E-state index contributed by atoms with van der Waals surface area (Å²) in [4.78, 5) is 46.6. The lowest BCUT2D eigenvalue weighted by atomic mass is 9.94. The summed E-state index contributed by atoms with van der Waals surface area (Å²) in [6, 6.07) is 15.9. The van der Waals surface area contributed by atoms with Crippen molar-refractivity contribution in [2.45, 2.75) is 65.0 Å². The van der Waals surface area contributed by atoms with E-state index in [9.17, 15) is 18.8 Å². The molecule has 3 heterocycles. The molecule has 3 atom stereocenters. The largest absolute Gasteiger partial charge is 0.361 e. The Kier molecular flexibility index (Phi) is 8.75. The molecule has 5 rings (SSSR count). The van der Waals surface area contributed by atoms with Gasteiger partial charge in [-0.15, -0.1) is 0 Å². The maximum atomic E-state index is 14.6. The molecule has 2 aliphatic rings. The van der Waals surface area contributed by atoms with Gasteiger partial charge in [-0.05, 0) is 56.4 Å². The number of aromatic nitrogens is 1. The highest BCUT2D eigenvalue weighted by molar-refractivity contribution is 6.04. The number of rotatable bonds is 10. The molecule has 2 amide bonds. The molecule has 0 bridgehead atoms. The maximum Gasteiger partial charge on any atom is 0.224 e. The lowest BCUT2D eigenvalue weighted by molar-refractivity contribution is -0.137. The molecule has 1 aromatic heterocycles. The van der Waals surface area contributed by atoms with E-state index in [-0.39, 0.29) is 42.1 Å². The highest BCUT2D eigenvalue weighted by Gasteiger charge is 2.34. The Morgan fingerprint density at radius 1 is 1.10 bits per heavy atom. The molecule has 0 radical (unpaired) electrons. The minimum Gasteiger partial charge on any atom is -0.361 e. The fraction of sp³-hybridized carbons (Fsp3) is 0.364. The summed E-state index contributed by atoms with van der Waals surface area (Å²) in [5, 5.41) is 6.76. The van der Waals surface area contributed by atoms with Gasteiger partial charge in [-0.25, -0.2) is 4.39 Å². The van der Waals surface area contributed by atoms with E-state index in [4.69, 9.17) is 4.52 Å². The number of nitrogens with zero attached hydrogens (tertiary/aromatic N) is 3. The number of Topliss-reactive ketones (excluding diaryl/α,β-unsaturated/α-hetero) is 1. The lowest BCUT2D eigenvalue weighted by Crippen LogP contribution is -2.43. The Balaban J connectivity index is 1.28. The van der Waals surface area contributed by atoms with Gasteiger partial charge in [0.1, 0.15) is 17.3 Å². The molecule has 1 N–H and O–H groups in total. The second kappa shape index (κ2) is 12.6. The molecule has 9 heteroatoms. The number of allylic oxidation sites excluding steroid dienone is 1. The van der Waals surface area contributed by atoms with Crippen molar-refractivity contribution < 1.29 is 23.3 Å². The normalized spacial score (nSPS) is 17.9. The second-order valence-electron chi connectivity index (χ2n) is 11.2. The summed E-state index contributed by atoms with van der Waals surface area (Å²) in [5.41, 5.74) is 3.89. The van der Waals surface area contributed by atoms with Crippen LogP contribution in [-0.2, 0) is 9.59 Å². The first-order valence-corrected chi connectivity index (χ1v) is 14.3. The third-order valence-corrected chi connectivity index (χ3v) is 7.98. The van der Waals surface area contributed by atoms with E-state index in [1.165, 1.54) is 12.1 Å². The molecule has 3 aromatic rings. The topological polar surface area (TPSA) is 105 Å². The zero-order chi connectivity index (χ0) is 29.8. The predicted octanol–water partition coefficient (Wildman–Crippen LogP) is 5.76. The monoisotopic (exact) mass is 570 g/mol. The van der Waals surface area contributed by atoms with Crippen LogP contribution < -0.4 is 5.32 Å². The van der Waals surface area contributed by atoms with Crippen molar-refractivity contribution in [3.05, 3.63) is 94.8 Å². The first-order chi connectivity index (χ1) is 20.2. The van der Waals surface area contributed by atoms with Gasteiger partial charge in [0, 0.05) is 49.3 Å². The van der Waals surface area contributed by atoms with E-state index < -0.39 is 17.9 Å². The first kappa shape index (κ1) is 29.1. The molecule has 0 spiro atoms. The van der Waals surface area contributed by atoms with E-state index in [1.807, 2.05) is 48.2 Å². The predicted molar refractivity (Wildman–Crippen MR) is 157 cm³/mol. The number of carbonyl (C=O) groups is 3. The molecule has 218 valence electrons. The highest BCUT2D eigenvalue weighted by atomic mass is 19.1. The Hall–Kier alpha value is -4.40. The van der Waals surface area contributed by atoms with E-state index in [1.54, 1.807) is 26.1 Å². The number of benzene rings is 2. The number of ketones is 1. The van der Waals surface area contributed by atoms with E-state index in [0.717, 1.165) is 29.5 Å². The summed E-state index contributed by atoms with van der Waals surface area (Å²) in [5.74, 6) is -1.70. The first-order valence-electron chi connectivity index (χ1n) is 14.3. The molecule has 0 aliphatic carbocycles. The Labute approximate surface area is 244 Å². The van der Waals surface area contributed by atoms with Crippen molar-refractivity contribution in [1.82, 2.24) is 15.4 Å². The van der Waals surface area contributed by atoms with E-state index >= 15 is 0 Å². The maximum absolute atomic E-state index is 14.6. The van der Waals surface area contributed by atoms with Crippen molar-refractivity contribution in [3.8, 4) is 0 Å². The molecule has 2 aliphatic heterocycles. The number of aryl methyl sites for hydroxylation is 2. The third-order valence-electron chi connectivity index (χ3n) is 7.98. The summed E-state index contributed by atoms with van der Waals surface area (Å²) >= 11 is 0. The van der Waals surface area contributed by atoms with E-state index in [0.29, 0.717) is 30.0 Å². The van der Waals surface area contributed by atoms with Gasteiger partial charge in [-0.1, -0.05) is 47.6 Å². The van der Waals surface area contributed by atoms with Crippen molar-refractivity contribution in [2.24, 2.45) is 10.9 Å². The van der Waals surface area contributed by atoms with Crippen LogP contribution >= 0.6 is 0 Å². The van der Waals surface area contributed by atoms with Gasteiger partial charge in [-0.3, -0.25) is 19.4 Å². The van der Waals surface area contributed by atoms with Crippen molar-refractivity contribution in [3.63, 3.8) is 0 Å². The van der Waals surface area contributed by atoms with Gasteiger partial charge in [0.25, 0.3) is 0 Å². The van der Waals surface area contributed by atoms with Crippen LogP contribution in [0.1, 0.15) is 78.0 Å². The lowest BCUT2D eigenvalue weighted by Gasteiger charge is -2.27. The number of carbonyl (C=O) groups excluding carboxylic acids is 3. The number of aliphatic imine (C=N–C) groups is 1. The number of likely N-dealkylation sites (tertiary alicyclic amines) is 1. The van der Waals surface area contributed by atoms with Crippen molar-refractivity contribution in [2.75, 3.05) is 6.54 Å². The number of hydrogen-bond acceptors (Lipinski definition) is 6. The summed E-state index contributed by atoms with van der Waals surface area (Å²) in [6.07, 6.45) is 3.42. The smallest absolute Gasteiger partial charge is 0.224 e. The molecule has 42 heavy (non-hydrogen) atoms. The fourth-order valence-corrected chi connectivity index (χ4v) is 5.67. The summed E-state index contributed by atoms with van der Waals surface area (Å²) in [6.45, 7) is 5.91. The number of hydrogen-bond donors (Lipinski definition) is 1. The van der Waals surface area contributed by atoms with Gasteiger partial charge in [0.05, 0.1) is 18.0 Å². The molecular weight excluding hydrogens is 535 g/mol. The van der Waals surface area contributed by atoms with Crippen molar-refractivity contribution in [1.29, 1.82) is 0 Å². The zero-order valence-corrected chi connectivity index (χ0v) is 24.1. The molecule has 1 fully saturated rings. The number of nitrogens with one attached hydrogen (secondary N) is 1. The van der Waals surface area contributed by atoms with Crippen LogP contribution in [0, 0.1) is 25.6 Å². The fourth-order valence-electron chi connectivity index (χ4n) is 5.67. The van der Waals surface area contributed by atoms with Crippen LogP contribution in [0.15, 0.2) is 70.3 Å². The quantitative estimate of drug-likeness (QED) is 0.312. The number of halogens is 1. The summed E-state index contributed by atoms with van der Waals surface area (Å²) < 4.78 is 19.6. The average molecular weight is 571 g/mol. The molecule has 0 unspecified atom stereocenters. The Morgan fingerprint density at radius 3 is 2.60 bits per heavy atom. The van der Waals surface area contributed by atoms with Gasteiger partial charge >= 0.3 is 0 Å².